The molecule has 1 aromatic heterocycles. The van der Waals surface area contributed by atoms with E-state index in [2.05, 4.69) is 10.6 Å². The van der Waals surface area contributed by atoms with Crippen molar-refractivity contribution >= 4 is 29.1 Å². The van der Waals surface area contributed by atoms with Crippen molar-refractivity contribution in [3.63, 3.8) is 0 Å². The summed E-state index contributed by atoms with van der Waals surface area (Å²) in [7, 11) is 0. The average molecular weight is 433 g/mol. The molecule has 1 atom stereocenters. The van der Waals surface area contributed by atoms with E-state index in [9.17, 15) is 19.5 Å². The molecule has 3 aromatic rings. The maximum Gasteiger partial charge on any atom is 0.313 e. The molecule has 3 amide bonds. The Hall–Kier alpha value is -3.91. The number of carbonyl (C=O) groups is 3. The summed E-state index contributed by atoms with van der Waals surface area (Å²) in [6, 6.07) is 17.5. The summed E-state index contributed by atoms with van der Waals surface area (Å²) >= 11 is 0. The van der Waals surface area contributed by atoms with Gasteiger partial charge in [-0.25, -0.2) is 0 Å². The molecule has 164 valence electrons. The van der Waals surface area contributed by atoms with Gasteiger partial charge >= 0.3 is 11.8 Å². The van der Waals surface area contributed by atoms with Gasteiger partial charge in [0.15, 0.2) is 0 Å². The summed E-state index contributed by atoms with van der Waals surface area (Å²) in [6.45, 7) is 0.520. The average Bonchev–Trinajstić information content (AvgIpc) is 3.49. The van der Waals surface area contributed by atoms with Crippen LogP contribution in [0.3, 0.4) is 0 Å². The van der Waals surface area contributed by atoms with Crippen molar-refractivity contribution in [1.29, 1.82) is 0 Å². The molecule has 0 bridgehead atoms. The van der Waals surface area contributed by atoms with E-state index in [-0.39, 0.29) is 12.5 Å². The SMILES string of the molecule is O=C(NCC(O)c1ccc(-c2ccco2)cc1)C(=O)Nc1cccc(N2CCCC2=O)c1. The minimum absolute atomic E-state index is 0.0393. The number of aliphatic hydroxyl groups is 1. The third-order valence-electron chi connectivity index (χ3n) is 5.25. The van der Waals surface area contributed by atoms with Crippen molar-refractivity contribution in [2.24, 2.45) is 0 Å². The molecule has 2 heterocycles. The first-order chi connectivity index (χ1) is 15.5. The molecule has 1 saturated heterocycles. The predicted molar refractivity (Wildman–Crippen MR) is 119 cm³/mol. The smallest absolute Gasteiger partial charge is 0.313 e. The van der Waals surface area contributed by atoms with Crippen molar-refractivity contribution in [3.8, 4) is 11.3 Å². The molecule has 3 N–H and O–H groups in total. The van der Waals surface area contributed by atoms with E-state index in [1.54, 1.807) is 53.6 Å². The zero-order chi connectivity index (χ0) is 22.5. The lowest BCUT2D eigenvalue weighted by Crippen LogP contribution is -2.37. The second-order valence-corrected chi connectivity index (χ2v) is 7.48. The lowest BCUT2D eigenvalue weighted by atomic mass is 10.1. The van der Waals surface area contributed by atoms with Crippen LogP contribution in [-0.2, 0) is 14.4 Å². The van der Waals surface area contributed by atoms with Crippen LogP contribution in [0, 0.1) is 0 Å². The maximum absolute atomic E-state index is 12.2. The van der Waals surface area contributed by atoms with Crippen LogP contribution < -0.4 is 15.5 Å². The zero-order valence-electron chi connectivity index (χ0n) is 17.3. The highest BCUT2D eigenvalue weighted by Gasteiger charge is 2.22. The molecule has 0 aliphatic carbocycles. The number of carbonyl (C=O) groups excluding carboxylic acids is 3. The lowest BCUT2D eigenvalue weighted by molar-refractivity contribution is -0.136. The number of hydrogen-bond acceptors (Lipinski definition) is 5. The minimum Gasteiger partial charge on any atom is -0.464 e. The second-order valence-electron chi connectivity index (χ2n) is 7.48. The van der Waals surface area contributed by atoms with Gasteiger partial charge < -0.3 is 25.1 Å². The van der Waals surface area contributed by atoms with E-state index in [0.29, 0.717) is 35.7 Å². The molecule has 4 rings (SSSR count). The van der Waals surface area contributed by atoms with Crippen LogP contribution in [0.25, 0.3) is 11.3 Å². The van der Waals surface area contributed by atoms with Crippen LogP contribution in [0.15, 0.2) is 71.3 Å². The quantitative estimate of drug-likeness (QED) is 0.518. The summed E-state index contributed by atoms with van der Waals surface area (Å²) in [5.74, 6) is -0.958. The third-order valence-corrected chi connectivity index (χ3v) is 5.25. The molecule has 0 spiro atoms. The Morgan fingerprint density at radius 3 is 2.56 bits per heavy atom. The first kappa shape index (κ1) is 21.3. The Bertz CT molecular complexity index is 1110. The maximum atomic E-state index is 12.2. The topological polar surface area (TPSA) is 112 Å². The number of rotatable bonds is 6. The first-order valence-corrected chi connectivity index (χ1v) is 10.3. The molecule has 0 saturated carbocycles. The highest BCUT2D eigenvalue weighted by atomic mass is 16.3. The molecule has 1 aliphatic heterocycles. The number of anilines is 2. The van der Waals surface area contributed by atoms with Gasteiger partial charge in [-0.15, -0.1) is 0 Å². The van der Waals surface area contributed by atoms with Gasteiger partial charge in [-0.2, -0.15) is 0 Å². The van der Waals surface area contributed by atoms with Crippen LogP contribution in [0.2, 0.25) is 0 Å². The van der Waals surface area contributed by atoms with E-state index in [1.165, 1.54) is 0 Å². The first-order valence-electron chi connectivity index (χ1n) is 10.3. The van der Waals surface area contributed by atoms with E-state index < -0.39 is 17.9 Å². The Balaban J connectivity index is 1.30. The van der Waals surface area contributed by atoms with E-state index in [1.807, 2.05) is 18.2 Å². The standard InChI is InChI=1S/C24H23N3O5/c28-20(16-8-10-17(11-9-16)21-6-3-13-32-21)15-25-23(30)24(31)26-18-4-1-5-19(14-18)27-12-2-7-22(27)29/h1,3-6,8-11,13-14,20,28H,2,7,12,15H2,(H,25,30)(H,26,31). The Kier molecular flexibility index (Phi) is 6.32. The molecule has 8 heteroatoms. The minimum atomic E-state index is -0.970. The summed E-state index contributed by atoms with van der Waals surface area (Å²) in [5, 5.41) is 15.3. The van der Waals surface area contributed by atoms with Gasteiger partial charge in [-0.3, -0.25) is 14.4 Å². The van der Waals surface area contributed by atoms with Crippen LogP contribution in [0.4, 0.5) is 11.4 Å². The number of amides is 3. The molecule has 1 unspecified atom stereocenters. The molecule has 32 heavy (non-hydrogen) atoms. The fourth-order valence-electron chi connectivity index (χ4n) is 3.56. The van der Waals surface area contributed by atoms with E-state index in [0.717, 1.165) is 12.0 Å². The number of aliphatic hydroxyl groups excluding tert-OH is 1. The number of nitrogens with zero attached hydrogens (tertiary/aromatic N) is 1. The van der Waals surface area contributed by atoms with Crippen molar-refractivity contribution in [2.75, 3.05) is 23.3 Å². The van der Waals surface area contributed by atoms with Gasteiger partial charge in [-0.1, -0.05) is 30.3 Å². The predicted octanol–water partition coefficient (Wildman–Crippen LogP) is 2.86. The zero-order valence-corrected chi connectivity index (χ0v) is 17.3. The Morgan fingerprint density at radius 2 is 1.88 bits per heavy atom. The Morgan fingerprint density at radius 1 is 1.06 bits per heavy atom. The molecule has 2 aromatic carbocycles. The van der Waals surface area contributed by atoms with Crippen LogP contribution >= 0.6 is 0 Å². The van der Waals surface area contributed by atoms with Gasteiger partial charge in [0, 0.05) is 36.4 Å². The van der Waals surface area contributed by atoms with Crippen LogP contribution in [0.5, 0.6) is 0 Å². The highest BCUT2D eigenvalue weighted by molar-refractivity contribution is 6.39. The summed E-state index contributed by atoms with van der Waals surface area (Å²) in [6.07, 6.45) is 1.92. The van der Waals surface area contributed by atoms with Crippen molar-refractivity contribution in [3.05, 3.63) is 72.5 Å². The van der Waals surface area contributed by atoms with Crippen molar-refractivity contribution in [2.45, 2.75) is 18.9 Å². The van der Waals surface area contributed by atoms with Gasteiger partial charge in [0.1, 0.15) is 5.76 Å². The number of benzene rings is 2. The molecular formula is C24H23N3O5. The largest absolute Gasteiger partial charge is 0.464 e. The summed E-state index contributed by atoms with van der Waals surface area (Å²) in [5.41, 5.74) is 2.56. The second kappa shape index (κ2) is 9.49. The summed E-state index contributed by atoms with van der Waals surface area (Å²) < 4.78 is 5.33. The monoisotopic (exact) mass is 433 g/mol. The van der Waals surface area contributed by atoms with Gasteiger partial charge in [-0.05, 0) is 42.3 Å². The van der Waals surface area contributed by atoms with Crippen LogP contribution in [0.1, 0.15) is 24.5 Å². The number of hydrogen-bond donors (Lipinski definition) is 3. The molecule has 8 nitrogen and oxygen atoms in total. The van der Waals surface area contributed by atoms with Gasteiger partial charge in [0.25, 0.3) is 0 Å². The third kappa shape index (κ3) is 4.87. The fourth-order valence-corrected chi connectivity index (χ4v) is 3.56. The molecule has 1 aliphatic rings. The number of furan rings is 1. The normalized spacial score (nSPS) is 14.3. The van der Waals surface area contributed by atoms with Gasteiger partial charge in [0.05, 0.1) is 12.4 Å². The molecule has 1 fully saturated rings. The van der Waals surface area contributed by atoms with E-state index in [4.69, 9.17) is 4.42 Å². The van der Waals surface area contributed by atoms with Crippen molar-refractivity contribution < 1.29 is 23.9 Å². The van der Waals surface area contributed by atoms with E-state index >= 15 is 0 Å². The van der Waals surface area contributed by atoms with Crippen molar-refractivity contribution in [1.82, 2.24) is 5.32 Å². The molecular weight excluding hydrogens is 410 g/mol. The lowest BCUT2D eigenvalue weighted by Gasteiger charge is -2.17. The molecule has 0 radical (unpaired) electrons. The summed E-state index contributed by atoms with van der Waals surface area (Å²) in [4.78, 5) is 38.0. The fraction of sp³-hybridized carbons (Fsp3) is 0.208. The Labute approximate surface area is 184 Å². The highest BCUT2D eigenvalue weighted by Crippen LogP contribution is 2.24. The number of nitrogens with one attached hydrogen (secondary N) is 2. The van der Waals surface area contributed by atoms with Gasteiger partial charge in [0.2, 0.25) is 5.91 Å². The van der Waals surface area contributed by atoms with Crippen LogP contribution in [-0.4, -0.2) is 35.9 Å².